The van der Waals surface area contributed by atoms with E-state index in [4.69, 9.17) is 50.1 Å². The second kappa shape index (κ2) is 34.1. The molecule has 26 nitrogen and oxygen atoms in total. The number of carbonyl (C=O) groups excluding carboxylic acids is 1. The zero-order valence-electron chi connectivity index (χ0n) is 50.6. The summed E-state index contributed by atoms with van der Waals surface area (Å²) in [6.45, 7) is 19.0. The fourth-order valence-electron chi connectivity index (χ4n) is 9.20. The standard InChI is InChI=1S/C22H29N5O5S.C17H19ClN4O4S.C10H19NO3.C5H11NO.C2HF3O2.2CH4/c1-4-6-17-19-20(26(3)25-17)22(29)24-21(23-19)16-11-15(7-8-18(16)32-5-2)33(30,31)27-12-14(13-27)9-10-28;1-4-6-12-14-15(22(3)21-12)17(23)20-16(19-14)11-9-10(27(18,24)25)7-8-13(11)26-5-2;1-10(2,3)14-9(13)11-6-8(7-11)4-5-12;7-2-1-5-3-6-4-5;3-2(4,5)1(6)7;;/h7-8,11,14,28H,4-6,9-10,12-13H2,1-3H3,(H,23,24,29);7-9H,4-6H2,1-3H3,(H,19,20,23);8,12H,4-7H2,1-3H3;5-7H,1-4H2;(H,6,7);2*1H4. The molecule has 0 radical (unpaired) electrons. The lowest BCUT2D eigenvalue weighted by molar-refractivity contribution is -0.192. The Kier molecular flexibility index (Phi) is 29.3. The summed E-state index contributed by atoms with van der Waals surface area (Å²) >= 11 is 0. The Morgan fingerprint density at radius 3 is 1.42 bits per heavy atom. The number of nitrogens with zero attached hydrogens (tertiary/aromatic N) is 8. The Balaban J connectivity index is 0.000000330. The first-order valence-electron chi connectivity index (χ1n) is 28.6. The average Bonchev–Trinajstić information content (AvgIpc) is 1.60. The SMILES string of the molecule is C.C.CC(C)(C)OC(=O)N1CC(CCO)C1.CCCc1nn(C)c2c(=O)[nH]c(-c3cc(S(=O)(=O)Cl)ccc3OCC)nc12.CCCc1nn(C)c2c(=O)[nH]c(-c3cc(S(=O)(=O)N4CC(CCO)C4)ccc3OCC)nc12.O=C(O)C(F)(F)F.OCCC1CNC1. The molecule has 1 amide bonds. The van der Waals surface area contributed by atoms with Gasteiger partial charge < -0.3 is 54.8 Å². The van der Waals surface area contributed by atoms with Gasteiger partial charge in [-0.25, -0.2) is 36.4 Å². The molecular formula is C58H87ClF3N11O15S2. The zero-order chi connectivity index (χ0) is 65.5. The molecule has 3 saturated heterocycles. The van der Waals surface area contributed by atoms with Gasteiger partial charge in [0.1, 0.15) is 39.8 Å². The molecule has 3 fully saturated rings. The number of hydrogen-bond donors (Lipinski definition) is 7. The van der Waals surface area contributed by atoms with Crippen molar-refractivity contribution in [2.75, 3.05) is 72.3 Å². The number of aliphatic hydroxyl groups excluding tert-OH is 3. The van der Waals surface area contributed by atoms with Crippen LogP contribution in [0.1, 0.15) is 107 Å². The summed E-state index contributed by atoms with van der Waals surface area (Å²) in [5.41, 5.74) is 2.76. The number of rotatable bonds is 19. The number of ether oxygens (including phenoxy) is 3. The van der Waals surface area contributed by atoms with Crippen molar-refractivity contribution in [1.82, 2.24) is 54.0 Å². The van der Waals surface area contributed by atoms with Crippen LogP contribution >= 0.6 is 10.7 Å². The van der Waals surface area contributed by atoms with E-state index < -0.39 is 36.8 Å². The summed E-state index contributed by atoms with van der Waals surface area (Å²) in [6, 6.07) is 8.78. The number of hydrogen-bond acceptors (Lipinski definition) is 19. The minimum Gasteiger partial charge on any atom is -0.493 e. The first-order chi connectivity index (χ1) is 41.3. The number of alkyl halides is 3. The molecule has 3 aliphatic rings. The molecule has 2 aromatic carbocycles. The van der Waals surface area contributed by atoms with Gasteiger partial charge in [-0.2, -0.15) is 27.7 Å². The van der Waals surface area contributed by atoms with Crippen molar-refractivity contribution in [2.45, 2.75) is 130 Å². The van der Waals surface area contributed by atoms with Gasteiger partial charge in [0, 0.05) is 70.8 Å². The van der Waals surface area contributed by atoms with Crippen LogP contribution in [-0.4, -0.2) is 182 Å². The van der Waals surface area contributed by atoms with Crippen molar-refractivity contribution in [3.63, 3.8) is 0 Å². The second-order valence-corrected chi connectivity index (χ2v) is 26.3. The lowest BCUT2D eigenvalue weighted by Gasteiger charge is -2.39. The Morgan fingerprint density at radius 1 is 0.678 bits per heavy atom. The monoisotopic (exact) mass is 1330 g/mol. The number of nitrogens with one attached hydrogen (secondary N) is 3. The normalized spacial score (nSPS) is 14.5. The fraction of sp³-hybridized carbons (Fsp3) is 0.586. The topological polar surface area (TPSA) is 357 Å². The Morgan fingerprint density at radius 2 is 1.08 bits per heavy atom. The molecule has 0 saturated carbocycles. The molecule has 90 heavy (non-hydrogen) atoms. The third kappa shape index (κ3) is 20.6. The number of sulfonamides is 1. The summed E-state index contributed by atoms with van der Waals surface area (Å²) in [5.74, 6) is -0.116. The molecule has 0 spiro atoms. The molecule has 7 N–H and O–H groups in total. The van der Waals surface area contributed by atoms with E-state index in [0.29, 0.717) is 108 Å². The van der Waals surface area contributed by atoms with Gasteiger partial charge >= 0.3 is 18.2 Å². The smallest absolute Gasteiger partial charge is 0.490 e. The van der Waals surface area contributed by atoms with E-state index in [2.05, 4.69) is 35.5 Å². The van der Waals surface area contributed by atoms with Crippen LogP contribution < -0.4 is 25.9 Å². The van der Waals surface area contributed by atoms with Crippen LogP contribution in [0.15, 0.2) is 55.8 Å². The number of aromatic amines is 2. The number of H-pyrrole nitrogens is 2. The van der Waals surface area contributed by atoms with Gasteiger partial charge in [-0.05, 0) is 134 Å². The van der Waals surface area contributed by atoms with Gasteiger partial charge in [0.25, 0.3) is 20.2 Å². The summed E-state index contributed by atoms with van der Waals surface area (Å²) in [4.78, 5) is 62.2. The van der Waals surface area contributed by atoms with Crippen LogP contribution in [0.5, 0.6) is 11.5 Å². The number of carboxylic acid groups (broad SMARTS) is 1. The van der Waals surface area contributed by atoms with Gasteiger partial charge in [0.2, 0.25) is 10.0 Å². The van der Waals surface area contributed by atoms with Gasteiger partial charge in [-0.3, -0.25) is 19.0 Å². The first kappa shape index (κ1) is 77.5. The number of likely N-dealkylation sites (tertiary alicyclic amines) is 1. The lowest BCUT2D eigenvalue weighted by Crippen LogP contribution is -2.51. The predicted molar refractivity (Wildman–Crippen MR) is 335 cm³/mol. The number of carbonyl (C=O) groups is 2. The fourth-order valence-corrected chi connectivity index (χ4v) is 11.6. The van der Waals surface area contributed by atoms with Crippen molar-refractivity contribution in [1.29, 1.82) is 0 Å². The maximum Gasteiger partial charge on any atom is 0.490 e. The third-order valence-corrected chi connectivity index (χ3v) is 16.9. The number of carboxylic acids is 1. The highest BCUT2D eigenvalue weighted by molar-refractivity contribution is 8.13. The van der Waals surface area contributed by atoms with E-state index in [-0.39, 0.29) is 72.6 Å². The molecule has 0 atom stereocenters. The van der Waals surface area contributed by atoms with Gasteiger partial charge in [-0.15, -0.1) is 0 Å². The van der Waals surface area contributed by atoms with Crippen LogP contribution in [0, 0.1) is 17.8 Å². The molecule has 7 heterocycles. The molecule has 504 valence electrons. The number of aliphatic hydroxyl groups is 3. The maximum absolute atomic E-state index is 13.2. The largest absolute Gasteiger partial charge is 0.493 e. The first-order valence-corrected chi connectivity index (χ1v) is 32.3. The summed E-state index contributed by atoms with van der Waals surface area (Å²) < 4.78 is 102. The van der Waals surface area contributed by atoms with E-state index in [9.17, 15) is 44.4 Å². The quantitative estimate of drug-likeness (QED) is 0.0401. The van der Waals surface area contributed by atoms with Gasteiger partial charge in [-0.1, -0.05) is 41.5 Å². The zero-order valence-corrected chi connectivity index (χ0v) is 53.0. The van der Waals surface area contributed by atoms with Crippen LogP contribution in [0.25, 0.3) is 44.8 Å². The van der Waals surface area contributed by atoms with E-state index >= 15 is 0 Å². The number of aromatic nitrogens is 8. The van der Waals surface area contributed by atoms with Gasteiger partial charge in [0.15, 0.2) is 11.0 Å². The highest BCUT2D eigenvalue weighted by atomic mass is 35.7. The van der Waals surface area contributed by atoms with Crippen LogP contribution in [0.2, 0.25) is 0 Å². The molecule has 0 bridgehead atoms. The predicted octanol–water partition coefficient (Wildman–Crippen LogP) is 7.01. The highest BCUT2D eigenvalue weighted by Crippen LogP contribution is 2.35. The molecule has 32 heteroatoms. The van der Waals surface area contributed by atoms with Crippen molar-refractivity contribution >= 4 is 63.9 Å². The van der Waals surface area contributed by atoms with Crippen molar-refractivity contribution in [3.05, 3.63) is 68.5 Å². The summed E-state index contributed by atoms with van der Waals surface area (Å²) in [5, 5.41) is 45.2. The van der Waals surface area contributed by atoms with E-state index in [0.717, 1.165) is 63.5 Å². The van der Waals surface area contributed by atoms with E-state index in [1.54, 1.807) is 32.0 Å². The second-order valence-electron chi connectivity index (χ2n) is 21.8. The van der Waals surface area contributed by atoms with Crippen LogP contribution in [0.3, 0.4) is 0 Å². The number of halogens is 4. The molecule has 0 aliphatic carbocycles. The number of benzene rings is 2. The average molecular weight is 1330 g/mol. The minimum atomic E-state index is -5.08. The number of amides is 1. The molecule has 4 aromatic heterocycles. The van der Waals surface area contributed by atoms with Crippen molar-refractivity contribution in [3.8, 4) is 34.3 Å². The molecule has 9 rings (SSSR count). The molecule has 3 aliphatic heterocycles. The summed E-state index contributed by atoms with van der Waals surface area (Å²) in [6.07, 6.45) is 0.0438. The maximum atomic E-state index is 13.2. The third-order valence-electron chi connectivity index (χ3n) is 13.7. The van der Waals surface area contributed by atoms with Gasteiger partial charge in [0.05, 0.1) is 45.5 Å². The Hall–Kier alpha value is -6.74. The van der Waals surface area contributed by atoms with Crippen LogP contribution in [0.4, 0.5) is 18.0 Å². The minimum absolute atomic E-state index is 0. The highest BCUT2D eigenvalue weighted by Gasteiger charge is 2.39. The van der Waals surface area contributed by atoms with Crippen molar-refractivity contribution in [2.24, 2.45) is 31.8 Å². The number of aliphatic carboxylic acids is 1. The van der Waals surface area contributed by atoms with Crippen LogP contribution in [-0.2, 0) is 55.5 Å². The summed E-state index contributed by atoms with van der Waals surface area (Å²) in [7, 11) is 1.19. The molecular weight excluding hydrogens is 1250 g/mol. The van der Waals surface area contributed by atoms with Crippen molar-refractivity contribution < 1.29 is 74.2 Å². The lowest BCUT2D eigenvalue weighted by atomic mass is 9.97. The molecule has 0 unspecified atom stereocenters. The van der Waals surface area contributed by atoms with E-state index in [1.807, 2.05) is 41.5 Å². The number of fused-ring (bicyclic) bond motifs is 2. The number of aryl methyl sites for hydroxylation is 4. The van der Waals surface area contributed by atoms with E-state index in [1.165, 1.54) is 44.0 Å². The Bertz CT molecular complexity index is 3690. The molecule has 6 aromatic rings. The Labute approximate surface area is 526 Å².